The van der Waals surface area contributed by atoms with Crippen molar-refractivity contribution in [2.75, 3.05) is 5.32 Å². The van der Waals surface area contributed by atoms with Gasteiger partial charge in [0.05, 0.1) is 5.56 Å². The summed E-state index contributed by atoms with van der Waals surface area (Å²) in [5.41, 5.74) is 5.56. The highest BCUT2D eigenvalue weighted by molar-refractivity contribution is 9.10. The molecule has 138 valence electrons. The molecule has 4 rings (SSSR count). The molecule has 0 amide bonds. The number of rotatable bonds is 2. The van der Waals surface area contributed by atoms with Crippen LogP contribution in [-0.2, 0) is 11.6 Å². The zero-order valence-corrected chi connectivity index (χ0v) is 16.4. The maximum atomic E-state index is 12.7. The molecule has 0 radical (unpaired) electrons. The molecule has 5 heteroatoms. The SMILES string of the molecule is CC1(C)c2cc(Br)ccc2-c2ccc(Nc3ccc(C(F)(F)F)cc3)cc21. The smallest absolute Gasteiger partial charge is 0.356 e. The Kier molecular flexibility index (Phi) is 4.11. The van der Waals surface area contributed by atoms with Crippen LogP contribution in [0.5, 0.6) is 0 Å². The molecule has 0 bridgehead atoms. The van der Waals surface area contributed by atoms with Gasteiger partial charge in [0.15, 0.2) is 0 Å². The van der Waals surface area contributed by atoms with Crippen LogP contribution in [0.15, 0.2) is 65.1 Å². The molecule has 0 aliphatic heterocycles. The van der Waals surface area contributed by atoms with Gasteiger partial charge in [-0.1, -0.05) is 41.9 Å². The normalized spacial score (nSPS) is 14.6. The lowest BCUT2D eigenvalue weighted by Crippen LogP contribution is -2.15. The molecule has 0 aromatic heterocycles. The molecular formula is C22H17BrF3N. The topological polar surface area (TPSA) is 12.0 Å². The molecule has 1 nitrogen and oxygen atoms in total. The molecule has 1 N–H and O–H groups in total. The summed E-state index contributed by atoms with van der Waals surface area (Å²) in [4.78, 5) is 0. The molecule has 0 unspecified atom stereocenters. The summed E-state index contributed by atoms with van der Waals surface area (Å²) in [5.74, 6) is 0. The summed E-state index contributed by atoms with van der Waals surface area (Å²) < 4.78 is 39.2. The van der Waals surface area contributed by atoms with Crippen LogP contribution in [0, 0.1) is 0 Å². The van der Waals surface area contributed by atoms with Crippen molar-refractivity contribution in [1.82, 2.24) is 0 Å². The molecule has 1 aliphatic carbocycles. The van der Waals surface area contributed by atoms with Crippen molar-refractivity contribution in [3.63, 3.8) is 0 Å². The number of nitrogens with one attached hydrogen (secondary N) is 1. The Morgan fingerprint density at radius 3 is 1.96 bits per heavy atom. The third-order valence-electron chi connectivity index (χ3n) is 5.14. The predicted octanol–water partition coefficient (Wildman–Crippen LogP) is 7.52. The second kappa shape index (κ2) is 6.13. The van der Waals surface area contributed by atoms with Gasteiger partial charge in [0.1, 0.15) is 0 Å². The Bertz CT molecular complexity index is 1020. The summed E-state index contributed by atoms with van der Waals surface area (Å²) >= 11 is 3.55. The molecule has 0 spiro atoms. The maximum Gasteiger partial charge on any atom is 0.416 e. The fraction of sp³-hybridized carbons (Fsp3) is 0.182. The van der Waals surface area contributed by atoms with Gasteiger partial charge in [0.2, 0.25) is 0 Å². The number of hydrogen-bond donors (Lipinski definition) is 1. The van der Waals surface area contributed by atoms with Crippen LogP contribution in [0.1, 0.15) is 30.5 Å². The minimum Gasteiger partial charge on any atom is -0.356 e. The Morgan fingerprint density at radius 2 is 1.33 bits per heavy atom. The standard InChI is InChI=1S/C22H17BrF3N/c1-21(2)19-11-14(23)5-9-17(19)18-10-8-16(12-20(18)21)27-15-6-3-13(4-7-15)22(24,25)26/h3-12,27H,1-2H3. The van der Waals surface area contributed by atoms with Gasteiger partial charge in [-0.05, 0) is 70.8 Å². The average molecular weight is 432 g/mol. The zero-order valence-electron chi connectivity index (χ0n) is 14.8. The first kappa shape index (κ1) is 18.1. The van der Waals surface area contributed by atoms with Crippen LogP contribution in [0.4, 0.5) is 24.5 Å². The van der Waals surface area contributed by atoms with E-state index in [-0.39, 0.29) is 5.41 Å². The van der Waals surface area contributed by atoms with Gasteiger partial charge in [-0.15, -0.1) is 0 Å². The number of alkyl halides is 3. The van der Waals surface area contributed by atoms with Crippen LogP contribution >= 0.6 is 15.9 Å². The fourth-order valence-corrected chi connectivity index (χ4v) is 4.06. The van der Waals surface area contributed by atoms with Gasteiger partial charge in [-0.2, -0.15) is 13.2 Å². The minimum absolute atomic E-state index is 0.147. The summed E-state index contributed by atoms with van der Waals surface area (Å²) in [6, 6.07) is 17.5. The first-order valence-electron chi connectivity index (χ1n) is 8.55. The molecule has 27 heavy (non-hydrogen) atoms. The van der Waals surface area contributed by atoms with E-state index < -0.39 is 11.7 Å². The third kappa shape index (κ3) is 3.14. The number of fused-ring (bicyclic) bond motifs is 3. The number of halogens is 4. The van der Waals surface area contributed by atoms with Gasteiger partial charge in [0.25, 0.3) is 0 Å². The Morgan fingerprint density at radius 1 is 0.778 bits per heavy atom. The van der Waals surface area contributed by atoms with E-state index >= 15 is 0 Å². The third-order valence-corrected chi connectivity index (χ3v) is 5.63. The van der Waals surface area contributed by atoms with Crippen LogP contribution < -0.4 is 5.32 Å². The molecule has 0 saturated heterocycles. The fourth-order valence-electron chi connectivity index (χ4n) is 3.70. The van der Waals surface area contributed by atoms with Gasteiger partial charge in [0, 0.05) is 21.3 Å². The lowest BCUT2D eigenvalue weighted by molar-refractivity contribution is -0.137. The Balaban J connectivity index is 1.67. The van der Waals surface area contributed by atoms with E-state index in [0.29, 0.717) is 5.69 Å². The second-order valence-electron chi connectivity index (χ2n) is 7.28. The van der Waals surface area contributed by atoms with E-state index in [0.717, 1.165) is 22.3 Å². The molecular weight excluding hydrogens is 415 g/mol. The zero-order chi connectivity index (χ0) is 19.4. The highest BCUT2D eigenvalue weighted by Gasteiger charge is 2.35. The van der Waals surface area contributed by atoms with Gasteiger partial charge >= 0.3 is 6.18 Å². The summed E-state index contributed by atoms with van der Waals surface area (Å²) in [6.07, 6.45) is -4.32. The highest BCUT2D eigenvalue weighted by atomic mass is 79.9. The maximum absolute atomic E-state index is 12.7. The van der Waals surface area contributed by atoms with Crippen molar-refractivity contribution in [3.05, 3.63) is 81.8 Å². The summed E-state index contributed by atoms with van der Waals surface area (Å²) in [5, 5.41) is 3.21. The van der Waals surface area contributed by atoms with Crippen LogP contribution in [0.2, 0.25) is 0 Å². The quantitative estimate of drug-likeness (QED) is 0.442. The van der Waals surface area contributed by atoms with Crippen molar-refractivity contribution in [2.45, 2.75) is 25.4 Å². The molecule has 0 atom stereocenters. The lowest BCUT2D eigenvalue weighted by atomic mass is 9.82. The minimum atomic E-state index is -4.32. The van der Waals surface area contributed by atoms with Crippen molar-refractivity contribution >= 4 is 27.3 Å². The van der Waals surface area contributed by atoms with E-state index in [1.165, 1.54) is 34.4 Å². The van der Waals surface area contributed by atoms with Crippen LogP contribution in [-0.4, -0.2) is 0 Å². The molecule has 1 aliphatic rings. The Hall–Kier alpha value is -2.27. The van der Waals surface area contributed by atoms with Crippen molar-refractivity contribution < 1.29 is 13.2 Å². The molecule has 0 fully saturated rings. The Labute approximate surface area is 164 Å². The van der Waals surface area contributed by atoms with Gasteiger partial charge in [-0.25, -0.2) is 0 Å². The van der Waals surface area contributed by atoms with Crippen molar-refractivity contribution in [2.24, 2.45) is 0 Å². The molecule has 0 heterocycles. The first-order valence-corrected chi connectivity index (χ1v) is 9.35. The van der Waals surface area contributed by atoms with E-state index in [2.05, 4.69) is 59.4 Å². The van der Waals surface area contributed by atoms with Crippen molar-refractivity contribution in [3.8, 4) is 11.1 Å². The number of benzene rings is 3. The number of anilines is 2. The molecule has 3 aromatic carbocycles. The second-order valence-corrected chi connectivity index (χ2v) is 8.19. The molecule has 0 saturated carbocycles. The first-order chi connectivity index (χ1) is 12.7. The largest absolute Gasteiger partial charge is 0.416 e. The van der Waals surface area contributed by atoms with E-state index in [9.17, 15) is 13.2 Å². The van der Waals surface area contributed by atoms with Crippen LogP contribution in [0.25, 0.3) is 11.1 Å². The van der Waals surface area contributed by atoms with Crippen molar-refractivity contribution in [1.29, 1.82) is 0 Å². The van der Waals surface area contributed by atoms with Crippen LogP contribution in [0.3, 0.4) is 0 Å². The van der Waals surface area contributed by atoms with Gasteiger partial charge in [-0.3, -0.25) is 0 Å². The summed E-state index contributed by atoms with van der Waals surface area (Å²) in [7, 11) is 0. The monoisotopic (exact) mass is 431 g/mol. The summed E-state index contributed by atoms with van der Waals surface area (Å²) in [6.45, 7) is 4.37. The molecule has 3 aromatic rings. The van der Waals surface area contributed by atoms with E-state index in [1.54, 1.807) is 0 Å². The highest BCUT2D eigenvalue weighted by Crippen LogP contribution is 2.50. The van der Waals surface area contributed by atoms with E-state index in [4.69, 9.17) is 0 Å². The van der Waals surface area contributed by atoms with E-state index in [1.807, 2.05) is 12.1 Å². The number of hydrogen-bond acceptors (Lipinski definition) is 1. The van der Waals surface area contributed by atoms with Gasteiger partial charge < -0.3 is 5.32 Å². The predicted molar refractivity (Wildman–Crippen MR) is 106 cm³/mol. The average Bonchev–Trinajstić information content (AvgIpc) is 2.82. The lowest BCUT2D eigenvalue weighted by Gasteiger charge is -2.22.